The topological polar surface area (TPSA) is 72.5 Å². The van der Waals surface area contributed by atoms with Crippen molar-refractivity contribution < 1.29 is 4.79 Å². The van der Waals surface area contributed by atoms with Crippen molar-refractivity contribution in [2.24, 2.45) is 0 Å². The van der Waals surface area contributed by atoms with E-state index in [1.54, 1.807) is 4.57 Å². The van der Waals surface area contributed by atoms with E-state index < -0.39 is 0 Å². The van der Waals surface area contributed by atoms with Crippen molar-refractivity contribution in [2.45, 2.75) is 37.9 Å². The van der Waals surface area contributed by atoms with Gasteiger partial charge < -0.3 is 4.90 Å². The fraction of sp³-hybridized carbons (Fsp3) is 0.444. The van der Waals surface area contributed by atoms with E-state index >= 15 is 0 Å². The molecule has 1 amide bonds. The lowest BCUT2D eigenvalue weighted by Crippen LogP contribution is -2.36. The molecule has 0 radical (unpaired) electrons. The van der Waals surface area contributed by atoms with Gasteiger partial charge in [0.05, 0.1) is 16.7 Å². The minimum atomic E-state index is -0.0658. The van der Waals surface area contributed by atoms with E-state index in [0.29, 0.717) is 28.6 Å². The second-order valence-corrected chi connectivity index (χ2v) is 7.36. The van der Waals surface area contributed by atoms with E-state index in [9.17, 15) is 9.59 Å². The number of likely N-dealkylation sites (tertiary alicyclic amines) is 1. The fourth-order valence-corrected chi connectivity index (χ4v) is 4.32. The maximum atomic E-state index is 12.7. The van der Waals surface area contributed by atoms with E-state index in [4.69, 9.17) is 0 Å². The number of thioether (sulfide) groups is 1. The Labute approximate surface area is 155 Å². The number of carbonyl (C=O) groups is 1. The van der Waals surface area contributed by atoms with Crippen LogP contribution in [0.3, 0.4) is 0 Å². The summed E-state index contributed by atoms with van der Waals surface area (Å²) in [6, 6.07) is 7.46. The van der Waals surface area contributed by atoms with Gasteiger partial charge >= 0.3 is 0 Å². The molecule has 0 saturated carbocycles. The van der Waals surface area contributed by atoms with Gasteiger partial charge in [0, 0.05) is 19.6 Å². The van der Waals surface area contributed by atoms with E-state index in [-0.39, 0.29) is 11.5 Å². The summed E-state index contributed by atoms with van der Waals surface area (Å²) in [7, 11) is 0. The molecule has 8 heteroatoms. The number of para-hydroxylation sites is 1. The summed E-state index contributed by atoms with van der Waals surface area (Å²) < 4.78 is 3.50. The number of benzene rings is 1. The molecule has 3 aromatic rings. The zero-order valence-corrected chi connectivity index (χ0v) is 15.5. The molecule has 0 N–H and O–H groups in total. The molecule has 4 rings (SSSR count). The quantitative estimate of drug-likeness (QED) is 0.657. The molecule has 136 valence electrons. The van der Waals surface area contributed by atoms with Gasteiger partial charge in [0.25, 0.3) is 5.56 Å². The summed E-state index contributed by atoms with van der Waals surface area (Å²) in [5, 5.41) is 9.75. The first-order valence-electron chi connectivity index (χ1n) is 8.98. The molecule has 1 aliphatic heterocycles. The Morgan fingerprint density at radius 2 is 1.92 bits per heavy atom. The zero-order chi connectivity index (χ0) is 18.1. The van der Waals surface area contributed by atoms with Gasteiger partial charge in [0.15, 0.2) is 5.16 Å². The lowest BCUT2D eigenvalue weighted by molar-refractivity contribution is -0.129. The molecule has 0 atom stereocenters. The lowest BCUT2D eigenvalue weighted by Gasteiger charge is -2.26. The van der Waals surface area contributed by atoms with Gasteiger partial charge in [-0.1, -0.05) is 23.9 Å². The Morgan fingerprint density at radius 1 is 1.15 bits per heavy atom. The van der Waals surface area contributed by atoms with Crippen LogP contribution >= 0.6 is 11.8 Å². The number of hydrogen-bond donors (Lipinski definition) is 0. The molecule has 0 bridgehead atoms. The number of aryl methyl sites for hydroxylation is 1. The number of piperidine rings is 1. The fourth-order valence-electron chi connectivity index (χ4n) is 3.47. The number of fused-ring (bicyclic) bond motifs is 3. The third-order valence-electron chi connectivity index (χ3n) is 4.83. The Morgan fingerprint density at radius 3 is 2.69 bits per heavy atom. The summed E-state index contributed by atoms with van der Waals surface area (Å²) in [6.45, 7) is 4.12. The Hall–Kier alpha value is -2.35. The van der Waals surface area contributed by atoms with Crippen LogP contribution in [0.2, 0.25) is 0 Å². The van der Waals surface area contributed by atoms with Crippen LogP contribution in [0.25, 0.3) is 16.7 Å². The molecule has 1 aromatic carbocycles. The average molecular weight is 371 g/mol. The highest BCUT2D eigenvalue weighted by molar-refractivity contribution is 7.99. The summed E-state index contributed by atoms with van der Waals surface area (Å²) in [4.78, 5) is 27.1. The number of carbonyl (C=O) groups excluding carboxylic acids is 1. The number of nitrogens with zero attached hydrogens (tertiary/aromatic N) is 5. The van der Waals surface area contributed by atoms with E-state index in [1.807, 2.05) is 40.5 Å². The van der Waals surface area contributed by atoms with Crippen molar-refractivity contribution in [3.05, 3.63) is 34.6 Å². The number of amides is 1. The molecule has 2 aromatic heterocycles. The molecule has 0 spiro atoms. The smallest absolute Gasteiger partial charge is 0.262 e. The van der Waals surface area contributed by atoms with E-state index in [2.05, 4.69) is 10.2 Å². The first kappa shape index (κ1) is 17.1. The van der Waals surface area contributed by atoms with Crippen molar-refractivity contribution in [3.63, 3.8) is 0 Å². The third-order valence-corrected chi connectivity index (χ3v) is 5.74. The second kappa shape index (κ2) is 7.11. The van der Waals surface area contributed by atoms with Crippen LogP contribution in [0.1, 0.15) is 26.2 Å². The average Bonchev–Trinajstić information content (AvgIpc) is 3.11. The van der Waals surface area contributed by atoms with E-state index in [1.165, 1.54) is 18.2 Å². The van der Waals surface area contributed by atoms with Crippen LogP contribution < -0.4 is 5.56 Å². The highest BCUT2D eigenvalue weighted by Gasteiger charge is 2.20. The molecule has 1 aliphatic rings. The maximum absolute atomic E-state index is 12.7. The van der Waals surface area contributed by atoms with Crippen LogP contribution in [0.15, 0.2) is 34.2 Å². The minimum absolute atomic E-state index is 0.0658. The normalized spacial score (nSPS) is 15.0. The first-order valence-corrected chi connectivity index (χ1v) is 9.96. The zero-order valence-electron chi connectivity index (χ0n) is 14.7. The van der Waals surface area contributed by atoms with Gasteiger partial charge in [0.2, 0.25) is 11.7 Å². The van der Waals surface area contributed by atoms with Crippen molar-refractivity contribution in [1.29, 1.82) is 0 Å². The van der Waals surface area contributed by atoms with Crippen molar-refractivity contribution in [2.75, 3.05) is 18.8 Å². The predicted octanol–water partition coefficient (Wildman–Crippen LogP) is 2.17. The number of aromatic nitrogens is 4. The third kappa shape index (κ3) is 2.88. The molecular formula is C18H21N5O2S. The van der Waals surface area contributed by atoms with Gasteiger partial charge in [-0.3, -0.25) is 18.6 Å². The van der Waals surface area contributed by atoms with Crippen LogP contribution in [0, 0.1) is 0 Å². The van der Waals surface area contributed by atoms with Gasteiger partial charge in [0.1, 0.15) is 0 Å². The number of rotatable bonds is 4. The molecule has 7 nitrogen and oxygen atoms in total. The van der Waals surface area contributed by atoms with Crippen LogP contribution in [0.5, 0.6) is 0 Å². The minimum Gasteiger partial charge on any atom is -0.342 e. The molecule has 1 fully saturated rings. The van der Waals surface area contributed by atoms with Gasteiger partial charge in [-0.15, -0.1) is 10.2 Å². The Kier molecular flexibility index (Phi) is 4.67. The first-order chi connectivity index (χ1) is 12.7. The SMILES string of the molecule is CCn1c(=O)c2ccccc2n2c(SCC(=O)N3CCCCC3)nnc12. The maximum Gasteiger partial charge on any atom is 0.262 e. The van der Waals surface area contributed by atoms with Crippen molar-refractivity contribution >= 4 is 34.3 Å². The van der Waals surface area contributed by atoms with Gasteiger partial charge in [-0.2, -0.15) is 0 Å². The largest absolute Gasteiger partial charge is 0.342 e. The monoisotopic (exact) mass is 371 g/mol. The van der Waals surface area contributed by atoms with Gasteiger partial charge in [-0.25, -0.2) is 0 Å². The molecular weight excluding hydrogens is 350 g/mol. The molecule has 0 aliphatic carbocycles. The highest BCUT2D eigenvalue weighted by atomic mass is 32.2. The van der Waals surface area contributed by atoms with Crippen molar-refractivity contribution in [1.82, 2.24) is 24.1 Å². The summed E-state index contributed by atoms with van der Waals surface area (Å²) in [5.41, 5.74) is 0.707. The standard InChI is InChI=1S/C18H21N5O2S/c1-2-22-16(25)13-8-4-5-9-14(13)23-17(22)19-20-18(23)26-12-15(24)21-10-6-3-7-11-21/h4-5,8-9H,2-3,6-7,10-12H2,1H3. The predicted molar refractivity (Wildman–Crippen MR) is 102 cm³/mol. The Balaban J connectivity index is 1.71. The van der Waals surface area contributed by atoms with Gasteiger partial charge in [-0.05, 0) is 38.3 Å². The van der Waals surface area contributed by atoms with Crippen molar-refractivity contribution in [3.8, 4) is 0 Å². The Bertz CT molecular complexity index is 1020. The molecule has 0 unspecified atom stereocenters. The summed E-state index contributed by atoms with van der Waals surface area (Å²) in [6.07, 6.45) is 3.36. The van der Waals surface area contributed by atoms with E-state index in [0.717, 1.165) is 31.4 Å². The highest BCUT2D eigenvalue weighted by Crippen LogP contribution is 2.22. The van der Waals surface area contributed by atoms with Crippen LogP contribution in [-0.4, -0.2) is 48.8 Å². The summed E-state index contributed by atoms with van der Waals surface area (Å²) >= 11 is 1.38. The number of hydrogen-bond acceptors (Lipinski definition) is 5. The molecule has 1 saturated heterocycles. The van der Waals surface area contributed by atoms with Crippen LogP contribution in [0.4, 0.5) is 0 Å². The van der Waals surface area contributed by atoms with Crippen LogP contribution in [-0.2, 0) is 11.3 Å². The summed E-state index contributed by atoms with van der Waals surface area (Å²) in [5.74, 6) is 0.990. The second-order valence-electron chi connectivity index (χ2n) is 6.41. The molecule has 3 heterocycles. The molecule has 26 heavy (non-hydrogen) atoms. The lowest BCUT2D eigenvalue weighted by atomic mass is 10.1.